The Morgan fingerprint density at radius 3 is 2.79 bits per heavy atom. The highest BCUT2D eigenvalue weighted by Crippen LogP contribution is 2.16. The van der Waals surface area contributed by atoms with Crippen LogP contribution in [0.3, 0.4) is 0 Å². The van der Waals surface area contributed by atoms with Gasteiger partial charge in [-0.1, -0.05) is 0 Å². The first kappa shape index (κ1) is 10.3. The predicted molar refractivity (Wildman–Crippen MR) is 56.1 cm³/mol. The van der Waals surface area contributed by atoms with Crippen molar-refractivity contribution in [3.05, 3.63) is 17.8 Å². The zero-order valence-electron chi connectivity index (χ0n) is 8.32. The number of primary amides is 1. The van der Waals surface area contributed by atoms with Crippen molar-refractivity contribution in [1.82, 2.24) is 4.98 Å². The maximum atomic E-state index is 11.0. The molecule has 0 aromatic carbocycles. The van der Waals surface area contributed by atoms with Crippen LogP contribution in [0, 0.1) is 0 Å². The van der Waals surface area contributed by atoms with E-state index in [9.17, 15) is 4.79 Å². The quantitative estimate of drug-likeness (QED) is 0.720. The van der Waals surface area contributed by atoms with E-state index in [0.29, 0.717) is 17.1 Å². The fourth-order valence-corrected chi connectivity index (χ4v) is 1.04. The molecular formula is C9H14N4O. The maximum Gasteiger partial charge on any atom is 0.250 e. The average molecular weight is 194 g/mol. The van der Waals surface area contributed by atoms with Gasteiger partial charge in [0, 0.05) is 13.6 Å². The SMILES string of the molecule is CCN(C)c1cc(C(N)=O)c(N)cn1. The Kier molecular flexibility index (Phi) is 2.91. The molecule has 5 nitrogen and oxygen atoms in total. The molecule has 0 unspecified atom stereocenters. The summed E-state index contributed by atoms with van der Waals surface area (Å²) in [5.74, 6) is 0.158. The van der Waals surface area contributed by atoms with Gasteiger partial charge in [0.25, 0.3) is 5.91 Å². The molecule has 0 aliphatic carbocycles. The second kappa shape index (κ2) is 3.95. The van der Waals surface area contributed by atoms with Crippen LogP contribution in [0.2, 0.25) is 0 Å². The Hall–Kier alpha value is -1.78. The van der Waals surface area contributed by atoms with Crippen molar-refractivity contribution in [3.8, 4) is 0 Å². The summed E-state index contributed by atoms with van der Waals surface area (Å²) in [5.41, 5.74) is 11.3. The molecular weight excluding hydrogens is 180 g/mol. The number of nitrogens with two attached hydrogens (primary N) is 2. The summed E-state index contributed by atoms with van der Waals surface area (Å²) in [4.78, 5) is 17.0. The number of hydrogen-bond acceptors (Lipinski definition) is 4. The molecule has 0 saturated carbocycles. The van der Waals surface area contributed by atoms with Gasteiger partial charge in [-0.3, -0.25) is 4.79 Å². The third-order valence-corrected chi connectivity index (χ3v) is 2.05. The minimum Gasteiger partial charge on any atom is -0.397 e. The highest BCUT2D eigenvalue weighted by atomic mass is 16.1. The number of nitrogens with zero attached hydrogens (tertiary/aromatic N) is 2. The van der Waals surface area contributed by atoms with Crippen LogP contribution in [-0.4, -0.2) is 24.5 Å². The van der Waals surface area contributed by atoms with E-state index in [2.05, 4.69) is 4.98 Å². The molecule has 14 heavy (non-hydrogen) atoms. The number of carbonyl (C=O) groups excluding carboxylic acids is 1. The monoisotopic (exact) mass is 194 g/mol. The van der Waals surface area contributed by atoms with Crippen molar-refractivity contribution in [2.45, 2.75) is 6.92 Å². The largest absolute Gasteiger partial charge is 0.397 e. The fraction of sp³-hybridized carbons (Fsp3) is 0.333. The average Bonchev–Trinajstić information content (AvgIpc) is 2.17. The van der Waals surface area contributed by atoms with Gasteiger partial charge in [-0.05, 0) is 13.0 Å². The van der Waals surface area contributed by atoms with Gasteiger partial charge in [0.05, 0.1) is 17.4 Å². The lowest BCUT2D eigenvalue weighted by atomic mass is 10.2. The molecule has 0 spiro atoms. The van der Waals surface area contributed by atoms with Crippen molar-refractivity contribution in [2.24, 2.45) is 5.73 Å². The highest BCUT2D eigenvalue weighted by Gasteiger charge is 2.09. The van der Waals surface area contributed by atoms with Crippen molar-refractivity contribution in [3.63, 3.8) is 0 Å². The van der Waals surface area contributed by atoms with Crippen LogP contribution >= 0.6 is 0 Å². The van der Waals surface area contributed by atoms with E-state index < -0.39 is 5.91 Å². The molecule has 1 aromatic rings. The zero-order valence-corrected chi connectivity index (χ0v) is 8.32. The van der Waals surface area contributed by atoms with E-state index >= 15 is 0 Å². The second-order valence-electron chi connectivity index (χ2n) is 3.01. The summed E-state index contributed by atoms with van der Waals surface area (Å²) < 4.78 is 0. The van der Waals surface area contributed by atoms with E-state index in [1.165, 1.54) is 6.20 Å². The summed E-state index contributed by atoms with van der Waals surface area (Å²) in [6, 6.07) is 1.60. The number of pyridine rings is 1. The molecule has 1 amide bonds. The van der Waals surface area contributed by atoms with Crippen LogP contribution in [-0.2, 0) is 0 Å². The van der Waals surface area contributed by atoms with Crippen molar-refractivity contribution in [1.29, 1.82) is 0 Å². The first-order chi connectivity index (χ1) is 6.56. The van der Waals surface area contributed by atoms with Crippen LogP contribution < -0.4 is 16.4 Å². The minimum absolute atomic E-state index is 0.311. The second-order valence-corrected chi connectivity index (χ2v) is 3.01. The summed E-state index contributed by atoms with van der Waals surface area (Å²) in [5, 5.41) is 0. The first-order valence-corrected chi connectivity index (χ1v) is 4.32. The maximum absolute atomic E-state index is 11.0. The topological polar surface area (TPSA) is 85.2 Å². The summed E-state index contributed by atoms with van der Waals surface area (Å²) in [6.45, 7) is 2.79. The Balaban J connectivity index is 3.12. The van der Waals surface area contributed by atoms with Crippen molar-refractivity contribution in [2.75, 3.05) is 24.2 Å². The van der Waals surface area contributed by atoms with Gasteiger partial charge in [0.15, 0.2) is 0 Å². The Labute approximate surface area is 82.7 Å². The summed E-state index contributed by atoms with van der Waals surface area (Å²) in [6.07, 6.45) is 1.45. The lowest BCUT2D eigenvalue weighted by Crippen LogP contribution is -2.20. The van der Waals surface area contributed by atoms with Crippen LogP contribution in [0.4, 0.5) is 11.5 Å². The van der Waals surface area contributed by atoms with Crippen molar-refractivity contribution < 1.29 is 4.79 Å². The molecule has 0 bridgehead atoms. The number of carbonyl (C=O) groups is 1. The van der Waals surface area contributed by atoms with Crippen LogP contribution in [0.5, 0.6) is 0 Å². The molecule has 0 atom stereocenters. The number of aromatic nitrogens is 1. The summed E-state index contributed by atoms with van der Waals surface area (Å²) in [7, 11) is 1.88. The van der Waals surface area contributed by atoms with E-state index in [1.807, 2.05) is 18.9 Å². The number of hydrogen-bond donors (Lipinski definition) is 2. The van der Waals surface area contributed by atoms with Gasteiger partial charge in [-0.15, -0.1) is 0 Å². The van der Waals surface area contributed by atoms with E-state index in [0.717, 1.165) is 6.54 Å². The third-order valence-electron chi connectivity index (χ3n) is 2.05. The molecule has 0 aliphatic rings. The fourth-order valence-electron chi connectivity index (χ4n) is 1.04. The Morgan fingerprint density at radius 2 is 2.29 bits per heavy atom. The number of amides is 1. The van der Waals surface area contributed by atoms with Gasteiger partial charge in [-0.25, -0.2) is 4.98 Å². The molecule has 0 radical (unpaired) electrons. The van der Waals surface area contributed by atoms with Gasteiger partial charge in [0.2, 0.25) is 0 Å². The van der Waals surface area contributed by atoms with Gasteiger partial charge in [-0.2, -0.15) is 0 Å². The van der Waals surface area contributed by atoms with Gasteiger partial charge < -0.3 is 16.4 Å². The predicted octanol–water partition coefficient (Wildman–Crippen LogP) is 0.219. The Morgan fingerprint density at radius 1 is 1.64 bits per heavy atom. The third kappa shape index (κ3) is 1.93. The van der Waals surface area contributed by atoms with Gasteiger partial charge in [0.1, 0.15) is 5.82 Å². The normalized spacial score (nSPS) is 9.86. The van der Waals surface area contributed by atoms with Crippen LogP contribution in [0.1, 0.15) is 17.3 Å². The highest BCUT2D eigenvalue weighted by molar-refractivity contribution is 5.98. The molecule has 1 aromatic heterocycles. The zero-order chi connectivity index (χ0) is 10.7. The molecule has 76 valence electrons. The first-order valence-electron chi connectivity index (χ1n) is 4.32. The lowest BCUT2D eigenvalue weighted by molar-refractivity contribution is 0.100. The van der Waals surface area contributed by atoms with E-state index in [4.69, 9.17) is 11.5 Å². The molecule has 4 N–H and O–H groups in total. The molecule has 5 heteroatoms. The smallest absolute Gasteiger partial charge is 0.250 e. The Bertz CT molecular complexity index is 351. The molecule has 1 heterocycles. The van der Waals surface area contributed by atoms with Gasteiger partial charge >= 0.3 is 0 Å². The number of anilines is 2. The van der Waals surface area contributed by atoms with Crippen molar-refractivity contribution >= 4 is 17.4 Å². The molecule has 0 aliphatic heterocycles. The lowest BCUT2D eigenvalue weighted by Gasteiger charge is -2.16. The standard InChI is InChI=1S/C9H14N4O/c1-3-13(2)8-4-6(9(11)14)7(10)5-12-8/h4-5H,3,10H2,1-2H3,(H2,11,14). The summed E-state index contributed by atoms with van der Waals surface area (Å²) >= 11 is 0. The van der Waals surface area contributed by atoms with E-state index in [-0.39, 0.29) is 0 Å². The number of rotatable bonds is 3. The molecule has 0 saturated heterocycles. The van der Waals surface area contributed by atoms with Crippen LogP contribution in [0.25, 0.3) is 0 Å². The number of nitrogen functional groups attached to an aromatic ring is 1. The molecule has 1 rings (SSSR count). The molecule has 0 fully saturated rings. The minimum atomic E-state index is -0.532. The van der Waals surface area contributed by atoms with E-state index in [1.54, 1.807) is 6.07 Å². The van der Waals surface area contributed by atoms with Crippen LogP contribution in [0.15, 0.2) is 12.3 Å².